The Kier molecular flexibility index (Phi) is 7.28. The van der Waals surface area contributed by atoms with E-state index in [-0.39, 0.29) is 24.0 Å². The number of nitrogens with zero attached hydrogens (tertiary/aromatic N) is 2. The van der Waals surface area contributed by atoms with Crippen LogP contribution in [0.5, 0.6) is 11.5 Å². The molecule has 9 heteroatoms. The first kappa shape index (κ1) is 24.9. The van der Waals surface area contributed by atoms with Crippen LogP contribution < -0.4 is 19.6 Å². The van der Waals surface area contributed by atoms with E-state index in [1.54, 1.807) is 42.7 Å². The average molecular weight is 557 g/mol. The van der Waals surface area contributed by atoms with Crippen LogP contribution in [0.25, 0.3) is 6.08 Å². The van der Waals surface area contributed by atoms with Gasteiger partial charge in [-0.1, -0.05) is 29.5 Å². The molecule has 0 radical (unpaired) electrons. The largest absolute Gasteiger partial charge is 0.507 e. The number of rotatable bonds is 6. The van der Waals surface area contributed by atoms with E-state index in [0.29, 0.717) is 30.8 Å². The van der Waals surface area contributed by atoms with Crippen molar-refractivity contribution < 1.29 is 19.4 Å². The van der Waals surface area contributed by atoms with Gasteiger partial charge in [0, 0.05) is 0 Å². The zero-order valence-corrected chi connectivity index (χ0v) is 22.1. The maximum atomic E-state index is 13.6. The van der Waals surface area contributed by atoms with Crippen molar-refractivity contribution in [2.45, 2.75) is 39.8 Å². The Morgan fingerprint density at radius 2 is 1.97 bits per heavy atom. The van der Waals surface area contributed by atoms with E-state index in [0.717, 1.165) is 11.1 Å². The lowest BCUT2D eigenvalue weighted by molar-refractivity contribution is -0.139. The molecule has 2 aromatic carbocycles. The van der Waals surface area contributed by atoms with Crippen LogP contribution in [-0.4, -0.2) is 28.4 Å². The Morgan fingerprint density at radius 3 is 2.60 bits per heavy atom. The molecular formula is C26H25BrN2O5S. The number of thiazole rings is 1. The number of halogens is 1. The first-order valence-electron chi connectivity index (χ1n) is 11.1. The van der Waals surface area contributed by atoms with Crippen molar-refractivity contribution in [1.82, 2.24) is 4.57 Å². The number of carbonyl (C=O) groups is 1. The van der Waals surface area contributed by atoms with Crippen molar-refractivity contribution in [3.8, 4) is 11.5 Å². The number of phenolic OH excluding ortho intramolecular Hbond substituents is 1. The molecule has 0 aliphatic carbocycles. The first-order chi connectivity index (χ1) is 16.7. The zero-order chi connectivity index (χ0) is 25.3. The molecule has 0 saturated heterocycles. The van der Waals surface area contributed by atoms with E-state index < -0.39 is 12.0 Å². The van der Waals surface area contributed by atoms with E-state index in [4.69, 9.17) is 9.47 Å². The third-order valence-corrected chi connectivity index (χ3v) is 6.97. The van der Waals surface area contributed by atoms with Gasteiger partial charge in [0.25, 0.3) is 5.56 Å². The van der Waals surface area contributed by atoms with Crippen molar-refractivity contribution in [2.24, 2.45) is 4.99 Å². The van der Waals surface area contributed by atoms with Crippen molar-refractivity contribution in [3.05, 3.63) is 89.0 Å². The molecule has 0 spiro atoms. The van der Waals surface area contributed by atoms with Crippen LogP contribution in [0.2, 0.25) is 0 Å². The SMILES string of the molecule is CCOC(=O)C1=C(C)N=c2sc(=Cc3ccc(O)c(Br)c3)c(=O)n2C1c1ccc(OC(C)C)cc1. The van der Waals surface area contributed by atoms with Crippen molar-refractivity contribution in [1.29, 1.82) is 0 Å². The third-order valence-electron chi connectivity index (χ3n) is 5.35. The van der Waals surface area contributed by atoms with E-state index in [1.807, 2.05) is 38.1 Å². The van der Waals surface area contributed by atoms with E-state index >= 15 is 0 Å². The monoisotopic (exact) mass is 556 g/mol. The number of carbonyl (C=O) groups excluding carboxylic acids is 1. The molecule has 1 unspecified atom stereocenters. The van der Waals surface area contributed by atoms with E-state index in [9.17, 15) is 14.7 Å². The molecule has 1 aliphatic heterocycles. The highest BCUT2D eigenvalue weighted by atomic mass is 79.9. The summed E-state index contributed by atoms with van der Waals surface area (Å²) in [5.41, 5.74) is 2.07. The fourth-order valence-electron chi connectivity index (χ4n) is 3.87. The molecule has 0 saturated carbocycles. The Balaban J connectivity index is 1.89. The van der Waals surface area contributed by atoms with Gasteiger partial charge in [0.05, 0.1) is 39.0 Å². The summed E-state index contributed by atoms with van der Waals surface area (Å²) in [6, 6.07) is 11.7. The van der Waals surface area contributed by atoms with Gasteiger partial charge in [0.2, 0.25) is 0 Å². The summed E-state index contributed by atoms with van der Waals surface area (Å²) < 4.78 is 13.6. The summed E-state index contributed by atoms with van der Waals surface area (Å²) in [6.07, 6.45) is 1.77. The lowest BCUT2D eigenvalue weighted by Crippen LogP contribution is -2.39. The zero-order valence-electron chi connectivity index (χ0n) is 19.7. The van der Waals surface area contributed by atoms with Gasteiger partial charge in [-0.2, -0.15) is 0 Å². The van der Waals surface area contributed by atoms with Gasteiger partial charge < -0.3 is 14.6 Å². The molecule has 3 aromatic rings. The predicted molar refractivity (Wildman–Crippen MR) is 138 cm³/mol. The molecule has 1 N–H and O–H groups in total. The first-order valence-corrected chi connectivity index (χ1v) is 12.7. The smallest absolute Gasteiger partial charge is 0.338 e. The molecule has 1 aliphatic rings. The fourth-order valence-corrected chi connectivity index (χ4v) is 5.32. The number of ether oxygens (including phenoxy) is 2. The average Bonchev–Trinajstić information content (AvgIpc) is 3.10. The van der Waals surface area contributed by atoms with Crippen LogP contribution in [0.1, 0.15) is 44.9 Å². The minimum Gasteiger partial charge on any atom is -0.507 e. The van der Waals surface area contributed by atoms with Crippen molar-refractivity contribution in [3.63, 3.8) is 0 Å². The number of hydrogen-bond acceptors (Lipinski definition) is 7. The van der Waals surface area contributed by atoms with E-state index in [2.05, 4.69) is 20.9 Å². The predicted octanol–water partition coefficient (Wildman–Crippen LogP) is 4.05. The summed E-state index contributed by atoms with van der Waals surface area (Å²) in [4.78, 5) is 31.7. The van der Waals surface area contributed by atoms with Crippen LogP contribution in [0, 0.1) is 0 Å². The van der Waals surface area contributed by atoms with Gasteiger partial charge in [-0.3, -0.25) is 9.36 Å². The third kappa shape index (κ3) is 5.11. The number of benzene rings is 2. The molecule has 0 amide bonds. The Bertz CT molecular complexity index is 1490. The summed E-state index contributed by atoms with van der Waals surface area (Å²) >= 11 is 4.55. The Labute approximate surface area is 214 Å². The molecule has 182 valence electrons. The van der Waals surface area contributed by atoms with Crippen LogP contribution in [0.3, 0.4) is 0 Å². The van der Waals surface area contributed by atoms with Gasteiger partial charge in [-0.15, -0.1) is 0 Å². The quantitative estimate of drug-likeness (QED) is 0.462. The molecule has 1 atom stereocenters. The molecule has 0 bridgehead atoms. The maximum Gasteiger partial charge on any atom is 0.338 e. The Morgan fingerprint density at radius 1 is 1.26 bits per heavy atom. The number of phenols is 1. The Hall–Kier alpha value is -3.17. The van der Waals surface area contributed by atoms with Gasteiger partial charge in [0.1, 0.15) is 11.5 Å². The molecule has 7 nitrogen and oxygen atoms in total. The summed E-state index contributed by atoms with van der Waals surface area (Å²) in [5, 5.41) is 9.78. The highest BCUT2D eigenvalue weighted by Crippen LogP contribution is 2.32. The second-order valence-electron chi connectivity index (χ2n) is 8.25. The molecular weight excluding hydrogens is 532 g/mol. The number of esters is 1. The number of allylic oxidation sites excluding steroid dienone is 1. The van der Waals surface area contributed by atoms with Crippen molar-refractivity contribution in [2.75, 3.05) is 6.61 Å². The second kappa shape index (κ2) is 10.2. The van der Waals surface area contributed by atoms with Crippen LogP contribution in [0.15, 0.2) is 68.0 Å². The van der Waals surface area contributed by atoms with E-state index in [1.165, 1.54) is 11.3 Å². The standard InChI is InChI=1S/C26H25BrN2O5S/c1-5-33-25(32)22-15(4)28-26-29(23(22)17-7-9-18(10-8-17)34-14(2)3)24(31)21(35-26)13-16-6-11-20(30)19(27)12-16/h6-14,23,30H,5H2,1-4H3. The van der Waals surface area contributed by atoms with Gasteiger partial charge >= 0.3 is 5.97 Å². The molecule has 35 heavy (non-hydrogen) atoms. The number of aromatic hydroxyl groups is 1. The van der Waals surface area contributed by atoms with Crippen molar-refractivity contribution >= 4 is 39.3 Å². The number of hydrogen-bond donors (Lipinski definition) is 1. The summed E-state index contributed by atoms with van der Waals surface area (Å²) in [5.74, 6) is 0.314. The van der Waals surface area contributed by atoms with Gasteiger partial charge in [-0.25, -0.2) is 9.79 Å². The normalized spacial score (nSPS) is 15.7. The number of aromatic nitrogens is 1. The summed E-state index contributed by atoms with van der Waals surface area (Å²) in [7, 11) is 0. The maximum absolute atomic E-state index is 13.6. The molecule has 0 fully saturated rings. The van der Waals surface area contributed by atoms with Crippen LogP contribution in [0.4, 0.5) is 0 Å². The van der Waals surface area contributed by atoms with Gasteiger partial charge in [0.15, 0.2) is 4.80 Å². The summed E-state index contributed by atoms with van der Waals surface area (Å²) in [6.45, 7) is 7.60. The minimum atomic E-state index is -0.688. The molecule has 2 heterocycles. The number of fused-ring (bicyclic) bond motifs is 1. The lowest BCUT2D eigenvalue weighted by atomic mass is 9.96. The molecule has 4 rings (SSSR count). The molecule has 1 aromatic heterocycles. The fraction of sp³-hybridized carbons (Fsp3) is 0.269. The van der Waals surface area contributed by atoms with Gasteiger partial charge in [-0.05, 0) is 85.1 Å². The van der Waals surface area contributed by atoms with Crippen LogP contribution >= 0.6 is 27.3 Å². The second-order valence-corrected chi connectivity index (χ2v) is 10.1. The topological polar surface area (TPSA) is 90.1 Å². The minimum absolute atomic E-state index is 0.0238. The lowest BCUT2D eigenvalue weighted by Gasteiger charge is -2.25. The van der Waals surface area contributed by atoms with Crippen LogP contribution in [-0.2, 0) is 9.53 Å². The highest BCUT2D eigenvalue weighted by Gasteiger charge is 2.33. The highest BCUT2D eigenvalue weighted by molar-refractivity contribution is 9.10.